The van der Waals surface area contributed by atoms with Crippen molar-refractivity contribution in [2.45, 2.75) is 18.3 Å². The van der Waals surface area contributed by atoms with Crippen LogP contribution in [0.3, 0.4) is 0 Å². The number of ether oxygens (including phenoxy) is 1. The second kappa shape index (κ2) is 5.76. The van der Waals surface area contributed by atoms with Gasteiger partial charge in [-0.05, 0) is 42.7 Å². The van der Waals surface area contributed by atoms with E-state index in [2.05, 4.69) is 10.3 Å². The van der Waals surface area contributed by atoms with Crippen LogP contribution in [0.5, 0.6) is 5.75 Å². The fraction of sp³-hybridized carbons (Fsp3) is 0.222. The van der Waals surface area contributed by atoms with Crippen LogP contribution in [0.2, 0.25) is 5.02 Å². The third kappa shape index (κ3) is 2.54. The Morgan fingerprint density at radius 3 is 2.67 bits per heavy atom. The molecule has 1 heterocycles. The van der Waals surface area contributed by atoms with Gasteiger partial charge in [0.2, 0.25) is 5.91 Å². The van der Waals surface area contributed by atoms with Gasteiger partial charge in [-0.1, -0.05) is 41.1 Å². The predicted octanol–water partition coefficient (Wildman–Crippen LogP) is 4.63. The summed E-state index contributed by atoms with van der Waals surface area (Å²) in [6, 6.07) is 13.3. The fourth-order valence-corrected chi connectivity index (χ4v) is 3.90. The van der Waals surface area contributed by atoms with E-state index in [0.717, 1.165) is 28.6 Å². The Hall–Kier alpha value is -2.11. The summed E-state index contributed by atoms with van der Waals surface area (Å²) in [7, 11) is 1.62. The number of carbonyl (C=O) groups is 1. The van der Waals surface area contributed by atoms with Crippen molar-refractivity contribution >= 4 is 44.2 Å². The molecular formula is C18H15ClN2O2S. The Kier molecular flexibility index (Phi) is 3.70. The van der Waals surface area contributed by atoms with Crippen LogP contribution in [-0.4, -0.2) is 18.0 Å². The normalized spacial score (nSPS) is 15.2. The van der Waals surface area contributed by atoms with Crippen LogP contribution in [0.1, 0.15) is 18.4 Å². The van der Waals surface area contributed by atoms with Gasteiger partial charge in [-0.3, -0.25) is 4.79 Å². The largest absolute Gasteiger partial charge is 0.494 e. The molecule has 0 saturated heterocycles. The number of para-hydroxylation sites is 1. The lowest BCUT2D eigenvalue weighted by atomic mass is 9.95. The Labute approximate surface area is 148 Å². The molecule has 2 aromatic carbocycles. The fourth-order valence-electron chi connectivity index (χ4n) is 2.90. The highest BCUT2D eigenvalue weighted by molar-refractivity contribution is 7.22. The van der Waals surface area contributed by atoms with Crippen molar-refractivity contribution in [3.05, 3.63) is 53.1 Å². The molecule has 4 nitrogen and oxygen atoms in total. The van der Waals surface area contributed by atoms with Gasteiger partial charge < -0.3 is 10.1 Å². The van der Waals surface area contributed by atoms with Gasteiger partial charge in [0.15, 0.2) is 5.13 Å². The molecule has 1 saturated carbocycles. The Morgan fingerprint density at radius 1 is 1.25 bits per heavy atom. The number of carbonyl (C=O) groups excluding carboxylic acids is 1. The molecule has 122 valence electrons. The molecule has 0 aliphatic heterocycles. The zero-order valence-corrected chi connectivity index (χ0v) is 14.6. The number of hydrogen-bond donors (Lipinski definition) is 1. The molecule has 1 aliphatic carbocycles. The first-order valence-electron chi connectivity index (χ1n) is 7.63. The van der Waals surface area contributed by atoms with Crippen molar-refractivity contribution in [1.82, 2.24) is 4.98 Å². The van der Waals surface area contributed by atoms with Gasteiger partial charge >= 0.3 is 0 Å². The van der Waals surface area contributed by atoms with E-state index in [1.54, 1.807) is 7.11 Å². The lowest BCUT2D eigenvalue weighted by Gasteiger charge is -2.14. The van der Waals surface area contributed by atoms with Crippen LogP contribution in [0.4, 0.5) is 5.13 Å². The van der Waals surface area contributed by atoms with Crippen LogP contribution in [0, 0.1) is 0 Å². The zero-order valence-electron chi connectivity index (χ0n) is 13.0. The topological polar surface area (TPSA) is 51.2 Å². The summed E-state index contributed by atoms with van der Waals surface area (Å²) >= 11 is 7.40. The van der Waals surface area contributed by atoms with E-state index in [9.17, 15) is 4.79 Å². The third-order valence-corrected chi connectivity index (χ3v) is 5.59. The van der Waals surface area contributed by atoms with Crippen molar-refractivity contribution in [1.29, 1.82) is 0 Å². The second-order valence-corrected chi connectivity index (χ2v) is 7.34. The average Bonchev–Trinajstić information content (AvgIpc) is 3.29. The van der Waals surface area contributed by atoms with Gasteiger partial charge in [-0.25, -0.2) is 4.98 Å². The molecule has 1 aliphatic rings. The van der Waals surface area contributed by atoms with Gasteiger partial charge in [-0.15, -0.1) is 0 Å². The number of fused-ring (bicyclic) bond motifs is 1. The minimum Gasteiger partial charge on any atom is -0.494 e. The number of amides is 1. The molecule has 3 aromatic rings. The molecule has 0 bridgehead atoms. The maximum absolute atomic E-state index is 12.8. The number of thiazole rings is 1. The van der Waals surface area contributed by atoms with Crippen molar-refractivity contribution in [3.8, 4) is 5.75 Å². The summed E-state index contributed by atoms with van der Waals surface area (Å²) in [4.78, 5) is 17.3. The van der Waals surface area contributed by atoms with Gasteiger partial charge in [0.1, 0.15) is 11.3 Å². The first kappa shape index (κ1) is 15.4. The van der Waals surface area contributed by atoms with E-state index in [1.807, 2.05) is 42.5 Å². The number of methoxy groups -OCH3 is 1. The van der Waals surface area contributed by atoms with Crippen molar-refractivity contribution in [2.24, 2.45) is 0 Å². The molecule has 6 heteroatoms. The number of anilines is 1. The highest BCUT2D eigenvalue weighted by atomic mass is 35.5. The van der Waals surface area contributed by atoms with Gasteiger partial charge in [-0.2, -0.15) is 0 Å². The minimum atomic E-state index is -0.452. The van der Waals surface area contributed by atoms with E-state index >= 15 is 0 Å². The summed E-state index contributed by atoms with van der Waals surface area (Å²) in [5.74, 6) is 0.700. The van der Waals surface area contributed by atoms with Crippen LogP contribution in [0.25, 0.3) is 10.2 Å². The Bertz CT molecular complexity index is 916. The summed E-state index contributed by atoms with van der Waals surface area (Å²) in [5, 5.41) is 4.25. The van der Waals surface area contributed by atoms with Crippen LogP contribution in [-0.2, 0) is 10.2 Å². The Balaban J connectivity index is 1.61. The van der Waals surface area contributed by atoms with Crippen LogP contribution >= 0.6 is 22.9 Å². The number of hydrogen-bond acceptors (Lipinski definition) is 4. The lowest BCUT2D eigenvalue weighted by Crippen LogP contribution is -2.27. The molecule has 1 fully saturated rings. The SMILES string of the molecule is COc1cccc2sc(NC(=O)C3(c4ccc(Cl)cc4)CC3)nc12. The minimum absolute atomic E-state index is 0.0113. The second-order valence-electron chi connectivity index (χ2n) is 5.87. The van der Waals surface area contributed by atoms with Gasteiger partial charge in [0.05, 0.1) is 17.2 Å². The van der Waals surface area contributed by atoms with E-state index in [-0.39, 0.29) is 5.91 Å². The summed E-state index contributed by atoms with van der Waals surface area (Å²) in [6.45, 7) is 0. The number of benzene rings is 2. The standard InChI is InChI=1S/C18H15ClN2O2S/c1-23-13-3-2-4-14-15(13)20-17(24-14)21-16(22)18(9-10-18)11-5-7-12(19)8-6-11/h2-8H,9-10H2,1H3,(H,20,21,22). The number of rotatable bonds is 4. The average molecular weight is 359 g/mol. The molecular weight excluding hydrogens is 344 g/mol. The molecule has 0 atom stereocenters. The molecule has 0 radical (unpaired) electrons. The maximum atomic E-state index is 12.8. The third-order valence-electron chi connectivity index (χ3n) is 4.40. The first-order chi connectivity index (χ1) is 11.6. The first-order valence-corrected chi connectivity index (χ1v) is 8.83. The molecule has 1 aromatic heterocycles. The van der Waals surface area contributed by atoms with Gasteiger partial charge in [0, 0.05) is 5.02 Å². The van der Waals surface area contributed by atoms with Crippen LogP contribution in [0.15, 0.2) is 42.5 Å². The smallest absolute Gasteiger partial charge is 0.236 e. The highest BCUT2D eigenvalue weighted by Crippen LogP contribution is 2.49. The molecule has 24 heavy (non-hydrogen) atoms. The quantitative estimate of drug-likeness (QED) is 0.739. The highest BCUT2D eigenvalue weighted by Gasteiger charge is 2.51. The number of nitrogens with zero attached hydrogens (tertiary/aromatic N) is 1. The van der Waals surface area contributed by atoms with Gasteiger partial charge in [0.25, 0.3) is 0 Å². The van der Waals surface area contributed by atoms with E-state index in [4.69, 9.17) is 16.3 Å². The zero-order chi connectivity index (χ0) is 16.7. The number of halogens is 1. The molecule has 4 rings (SSSR count). The van der Waals surface area contributed by atoms with Crippen molar-refractivity contribution in [3.63, 3.8) is 0 Å². The Morgan fingerprint density at radius 2 is 2.00 bits per heavy atom. The maximum Gasteiger partial charge on any atom is 0.236 e. The summed E-state index contributed by atoms with van der Waals surface area (Å²) in [6.07, 6.45) is 1.68. The molecule has 1 N–H and O–H groups in total. The van der Waals surface area contributed by atoms with E-state index in [1.165, 1.54) is 11.3 Å². The summed E-state index contributed by atoms with van der Waals surface area (Å²) in [5.41, 5.74) is 1.33. The number of aromatic nitrogens is 1. The molecule has 1 amide bonds. The predicted molar refractivity (Wildman–Crippen MR) is 97.2 cm³/mol. The van der Waals surface area contributed by atoms with E-state index < -0.39 is 5.41 Å². The van der Waals surface area contributed by atoms with Crippen LogP contribution < -0.4 is 10.1 Å². The number of nitrogens with one attached hydrogen (secondary N) is 1. The molecule has 0 spiro atoms. The summed E-state index contributed by atoms with van der Waals surface area (Å²) < 4.78 is 6.31. The van der Waals surface area contributed by atoms with Crippen molar-refractivity contribution < 1.29 is 9.53 Å². The van der Waals surface area contributed by atoms with E-state index in [0.29, 0.717) is 15.9 Å². The lowest BCUT2D eigenvalue weighted by molar-refractivity contribution is -0.118. The van der Waals surface area contributed by atoms with Crippen molar-refractivity contribution in [2.75, 3.05) is 12.4 Å². The molecule has 0 unspecified atom stereocenters. The monoisotopic (exact) mass is 358 g/mol.